The molecule has 0 radical (unpaired) electrons. The van der Waals surface area contributed by atoms with Crippen LogP contribution in [0.5, 0.6) is 0 Å². The molecule has 0 bridgehead atoms. The van der Waals surface area contributed by atoms with Crippen LogP contribution in [0.4, 0.5) is 0 Å². The third-order valence-electron chi connectivity index (χ3n) is 3.58. The number of nitrogens with one attached hydrogen (secondary N) is 1. The van der Waals surface area contributed by atoms with Gasteiger partial charge in [0.1, 0.15) is 0 Å². The van der Waals surface area contributed by atoms with Gasteiger partial charge in [-0.2, -0.15) is 0 Å². The summed E-state index contributed by atoms with van der Waals surface area (Å²) in [6.07, 6.45) is 5.81. The van der Waals surface area contributed by atoms with Crippen LogP contribution in [-0.4, -0.2) is 12.6 Å². The van der Waals surface area contributed by atoms with Gasteiger partial charge in [0, 0.05) is 6.04 Å². The van der Waals surface area contributed by atoms with Gasteiger partial charge in [-0.3, -0.25) is 0 Å². The molecule has 0 heterocycles. The first-order valence-electron chi connectivity index (χ1n) is 5.50. The predicted molar refractivity (Wildman–Crippen MR) is 52.1 cm³/mol. The molecule has 1 N–H and O–H groups in total. The van der Waals surface area contributed by atoms with Gasteiger partial charge in [0.25, 0.3) is 0 Å². The summed E-state index contributed by atoms with van der Waals surface area (Å²) in [6.45, 7) is 6.04. The van der Waals surface area contributed by atoms with Crippen molar-refractivity contribution in [3.05, 3.63) is 0 Å². The summed E-state index contributed by atoms with van der Waals surface area (Å²) in [4.78, 5) is 0. The fraction of sp³-hybridized carbons (Fsp3) is 1.00. The Labute approximate surface area is 75.9 Å². The van der Waals surface area contributed by atoms with E-state index in [1.165, 1.54) is 32.2 Å². The standard InChI is InChI=1S/C11H21N/c1-8(2)11-6-3-9(11)7-12-10-4-5-10/h8-12H,3-7H2,1-2H3. The highest BCUT2D eigenvalue weighted by Crippen LogP contribution is 2.39. The van der Waals surface area contributed by atoms with Gasteiger partial charge in [0.05, 0.1) is 0 Å². The normalized spacial score (nSPS) is 35.2. The molecule has 2 fully saturated rings. The highest BCUT2D eigenvalue weighted by molar-refractivity contribution is 4.88. The molecule has 0 saturated heterocycles. The number of rotatable bonds is 4. The van der Waals surface area contributed by atoms with E-state index in [9.17, 15) is 0 Å². The van der Waals surface area contributed by atoms with Crippen LogP contribution in [0.2, 0.25) is 0 Å². The minimum atomic E-state index is 0.901. The first kappa shape index (κ1) is 8.55. The lowest BCUT2D eigenvalue weighted by Gasteiger charge is -2.39. The van der Waals surface area contributed by atoms with Crippen molar-refractivity contribution in [3.63, 3.8) is 0 Å². The second-order valence-corrected chi connectivity index (χ2v) is 4.93. The van der Waals surface area contributed by atoms with Crippen molar-refractivity contribution >= 4 is 0 Å². The van der Waals surface area contributed by atoms with Gasteiger partial charge < -0.3 is 5.32 Å². The van der Waals surface area contributed by atoms with Gasteiger partial charge in [0.2, 0.25) is 0 Å². The molecular formula is C11H21N. The van der Waals surface area contributed by atoms with Crippen molar-refractivity contribution in [1.82, 2.24) is 5.32 Å². The van der Waals surface area contributed by atoms with Crippen LogP contribution >= 0.6 is 0 Å². The zero-order chi connectivity index (χ0) is 8.55. The van der Waals surface area contributed by atoms with E-state index in [1.54, 1.807) is 0 Å². The van der Waals surface area contributed by atoms with Gasteiger partial charge in [-0.25, -0.2) is 0 Å². The van der Waals surface area contributed by atoms with Crippen LogP contribution in [0.1, 0.15) is 39.5 Å². The van der Waals surface area contributed by atoms with Crippen molar-refractivity contribution in [2.75, 3.05) is 6.54 Å². The Morgan fingerprint density at radius 3 is 2.33 bits per heavy atom. The minimum absolute atomic E-state index is 0.901. The van der Waals surface area contributed by atoms with Crippen LogP contribution in [0.3, 0.4) is 0 Å². The lowest BCUT2D eigenvalue weighted by molar-refractivity contribution is 0.120. The lowest BCUT2D eigenvalue weighted by atomic mass is 9.68. The molecule has 1 heteroatoms. The predicted octanol–water partition coefficient (Wildman–Crippen LogP) is 2.42. The summed E-state index contributed by atoms with van der Waals surface area (Å²) < 4.78 is 0. The summed E-state index contributed by atoms with van der Waals surface area (Å²) in [5.74, 6) is 2.94. The molecular weight excluding hydrogens is 146 g/mol. The van der Waals surface area contributed by atoms with Crippen LogP contribution in [0.15, 0.2) is 0 Å². The van der Waals surface area contributed by atoms with Crippen molar-refractivity contribution in [2.45, 2.75) is 45.6 Å². The van der Waals surface area contributed by atoms with Gasteiger partial charge in [-0.1, -0.05) is 13.8 Å². The molecule has 70 valence electrons. The summed E-state index contributed by atoms with van der Waals surface area (Å²) in [7, 11) is 0. The van der Waals surface area contributed by atoms with E-state index >= 15 is 0 Å². The summed E-state index contributed by atoms with van der Waals surface area (Å²) >= 11 is 0. The number of hydrogen-bond donors (Lipinski definition) is 1. The quantitative estimate of drug-likeness (QED) is 0.678. The Bertz CT molecular complexity index is 149. The molecule has 0 aliphatic heterocycles. The van der Waals surface area contributed by atoms with Gasteiger partial charge in [0.15, 0.2) is 0 Å². The molecule has 2 aliphatic rings. The van der Waals surface area contributed by atoms with E-state index in [4.69, 9.17) is 0 Å². The Kier molecular flexibility index (Phi) is 2.40. The zero-order valence-electron chi connectivity index (χ0n) is 8.34. The summed E-state index contributed by atoms with van der Waals surface area (Å²) in [5.41, 5.74) is 0. The molecule has 2 unspecified atom stereocenters. The molecule has 0 aromatic heterocycles. The van der Waals surface area contributed by atoms with Crippen molar-refractivity contribution in [1.29, 1.82) is 0 Å². The van der Waals surface area contributed by atoms with Crippen LogP contribution < -0.4 is 5.32 Å². The summed E-state index contributed by atoms with van der Waals surface area (Å²) in [6, 6.07) is 0.901. The van der Waals surface area contributed by atoms with Crippen molar-refractivity contribution in [3.8, 4) is 0 Å². The fourth-order valence-electron chi connectivity index (χ4n) is 2.33. The topological polar surface area (TPSA) is 12.0 Å². The minimum Gasteiger partial charge on any atom is -0.314 e. The molecule has 12 heavy (non-hydrogen) atoms. The molecule has 2 atom stereocenters. The van der Waals surface area contributed by atoms with Crippen LogP contribution in [-0.2, 0) is 0 Å². The van der Waals surface area contributed by atoms with E-state index < -0.39 is 0 Å². The van der Waals surface area contributed by atoms with Gasteiger partial charge in [-0.05, 0) is 50.0 Å². The van der Waals surface area contributed by atoms with Crippen LogP contribution in [0.25, 0.3) is 0 Å². The zero-order valence-corrected chi connectivity index (χ0v) is 8.34. The molecule has 0 aromatic carbocycles. The SMILES string of the molecule is CC(C)C1CCC1CNC1CC1. The molecule has 1 nitrogen and oxygen atoms in total. The molecule has 2 aliphatic carbocycles. The van der Waals surface area contributed by atoms with E-state index in [-0.39, 0.29) is 0 Å². The van der Waals surface area contributed by atoms with Crippen LogP contribution in [0, 0.1) is 17.8 Å². The maximum Gasteiger partial charge on any atom is 0.00683 e. The van der Waals surface area contributed by atoms with Crippen molar-refractivity contribution in [2.24, 2.45) is 17.8 Å². The Morgan fingerprint density at radius 2 is 1.92 bits per heavy atom. The average Bonchev–Trinajstić information content (AvgIpc) is 2.67. The smallest absolute Gasteiger partial charge is 0.00683 e. The molecule has 0 spiro atoms. The third-order valence-corrected chi connectivity index (χ3v) is 3.58. The Hall–Kier alpha value is -0.0400. The third kappa shape index (κ3) is 1.82. The fourth-order valence-corrected chi connectivity index (χ4v) is 2.33. The number of hydrogen-bond acceptors (Lipinski definition) is 1. The molecule has 2 saturated carbocycles. The molecule has 0 aromatic rings. The monoisotopic (exact) mass is 167 g/mol. The second-order valence-electron chi connectivity index (χ2n) is 4.93. The van der Waals surface area contributed by atoms with E-state index in [1.807, 2.05) is 0 Å². The first-order chi connectivity index (χ1) is 5.77. The van der Waals surface area contributed by atoms with Gasteiger partial charge >= 0.3 is 0 Å². The molecule has 0 amide bonds. The summed E-state index contributed by atoms with van der Waals surface area (Å²) in [5, 5.41) is 3.64. The Morgan fingerprint density at radius 1 is 1.17 bits per heavy atom. The Balaban J connectivity index is 1.66. The second kappa shape index (κ2) is 3.37. The lowest BCUT2D eigenvalue weighted by Crippen LogP contribution is -2.38. The maximum atomic E-state index is 3.64. The highest BCUT2D eigenvalue weighted by Gasteiger charge is 2.33. The van der Waals surface area contributed by atoms with E-state index in [0.29, 0.717) is 0 Å². The van der Waals surface area contributed by atoms with Crippen molar-refractivity contribution < 1.29 is 0 Å². The highest BCUT2D eigenvalue weighted by atomic mass is 14.9. The van der Waals surface area contributed by atoms with E-state index in [0.717, 1.165) is 23.8 Å². The first-order valence-corrected chi connectivity index (χ1v) is 5.50. The van der Waals surface area contributed by atoms with Gasteiger partial charge in [-0.15, -0.1) is 0 Å². The average molecular weight is 167 g/mol. The van der Waals surface area contributed by atoms with E-state index in [2.05, 4.69) is 19.2 Å². The molecule has 2 rings (SSSR count). The largest absolute Gasteiger partial charge is 0.314 e. The maximum absolute atomic E-state index is 3.64.